The molecule has 1 fully saturated rings. The van der Waals surface area contributed by atoms with Crippen molar-refractivity contribution in [2.24, 2.45) is 5.73 Å². The number of para-hydroxylation sites is 1. The number of hydrogen-bond acceptors (Lipinski definition) is 3. The van der Waals surface area contributed by atoms with Crippen molar-refractivity contribution in [2.45, 2.75) is 12.6 Å². The van der Waals surface area contributed by atoms with Crippen molar-refractivity contribution in [3.8, 4) is 0 Å². The normalized spacial score (nSPS) is 17.0. The molecule has 28 heavy (non-hydrogen) atoms. The van der Waals surface area contributed by atoms with Gasteiger partial charge in [0.25, 0.3) is 5.91 Å². The van der Waals surface area contributed by atoms with Crippen molar-refractivity contribution in [3.63, 3.8) is 0 Å². The first-order chi connectivity index (χ1) is 13.5. The third-order valence-electron chi connectivity index (χ3n) is 4.99. The van der Waals surface area contributed by atoms with Crippen LogP contribution in [0.5, 0.6) is 0 Å². The molecule has 2 aromatic carbocycles. The Labute approximate surface area is 161 Å². The van der Waals surface area contributed by atoms with E-state index in [2.05, 4.69) is 0 Å². The fourth-order valence-electron chi connectivity index (χ4n) is 3.52. The van der Waals surface area contributed by atoms with E-state index in [1.807, 2.05) is 28.8 Å². The first-order valence-electron chi connectivity index (χ1n) is 9.06. The van der Waals surface area contributed by atoms with Gasteiger partial charge >= 0.3 is 0 Å². The van der Waals surface area contributed by atoms with Gasteiger partial charge in [0.1, 0.15) is 11.5 Å². The molecular formula is C21H20FN3O3. The van der Waals surface area contributed by atoms with Crippen LogP contribution >= 0.6 is 0 Å². The number of nitrogens with zero attached hydrogens (tertiary/aromatic N) is 2. The lowest BCUT2D eigenvalue weighted by Gasteiger charge is -2.31. The monoisotopic (exact) mass is 381 g/mol. The molecule has 7 heteroatoms. The molecular weight excluding hydrogens is 361 g/mol. The highest BCUT2D eigenvalue weighted by atomic mass is 19.1. The molecule has 2 heterocycles. The molecule has 0 radical (unpaired) electrons. The molecule has 6 nitrogen and oxygen atoms in total. The van der Waals surface area contributed by atoms with Crippen molar-refractivity contribution in [3.05, 3.63) is 71.7 Å². The Morgan fingerprint density at radius 2 is 1.89 bits per heavy atom. The maximum Gasteiger partial charge on any atom is 0.270 e. The van der Waals surface area contributed by atoms with Crippen molar-refractivity contribution < 1.29 is 18.7 Å². The summed E-state index contributed by atoms with van der Waals surface area (Å²) in [7, 11) is 0. The third-order valence-corrected chi connectivity index (χ3v) is 4.99. The van der Waals surface area contributed by atoms with Gasteiger partial charge < -0.3 is 19.9 Å². The summed E-state index contributed by atoms with van der Waals surface area (Å²) in [5.74, 6) is -1.15. The van der Waals surface area contributed by atoms with E-state index in [9.17, 15) is 14.0 Å². The average Bonchev–Trinajstić information content (AvgIpc) is 3.08. The summed E-state index contributed by atoms with van der Waals surface area (Å²) in [5, 5.41) is 0.891. The standard InChI is InChI=1S/C21H20FN3O3/c22-16-7-3-1-6-15(16)12-25-17-8-4-2-5-14(17)11-18(25)21(27)24-9-10-28-19(13-24)20(23)26/h1-8,11,19H,9-10,12-13H2,(H2,23,26). The quantitative estimate of drug-likeness (QED) is 0.752. The molecule has 1 aliphatic rings. The number of morpholine rings is 1. The van der Waals surface area contributed by atoms with E-state index in [1.54, 1.807) is 29.2 Å². The van der Waals surface area contributed by atoms with Gasteiger partial charge in [-0.15, -0.1) is 0 Å². The summed E-state index contributed by atoms with van der Waals surface area (Å²) >= 11 is 0. The number of benzene rings is 2. The molecule has 1 unspecified atom stereocenters. The fourth-order valence-corrected chi connectivity index (χ4v) is 3.52. The molecule has 2 N–H and O–H groups in total. The number of carbonyl (C=O) groups is 2. The third kappa shape index (κ3) is 3.36. The zero-order valence-corrected chi connectivity index (χ0v) is 15.2. The van der Waals surface area contributed by atoms with E-state index in [0.29, 0.717) is 17.8 Å². The van der Waals surface area contributed by atoms with Gasteiger partial charge in [-0.2, -0.15) is 0 Å². The highest BCUT2D eigenvalue weighted by molar-refractivity contribution is 5.99. The van der Waals surface area contributed by atoms with Crippen LogP contribution in [0.2, 0.25) is 0 Å². The number of fused-ring (bicyclic) bond motifs is 1. The van der Waals surface area contributed by atoms with Gasteiger partial charge in [0.15, 0.2) is 6.10 Å². The molecule has 0 spiro atoms. The zero-order valence-electron chi connectivity index (χ0n) is 15.2. The van der Waals surface area contributed by atoms with Crippen molar-refractivity contribution >= 4 is 22.7 Å². The number of aromatic nitrogens is 1. The molecule has 4 rings (SSSR count). The molecule has 1 aliphatic heterocycles. The van der Waals surface area contributed by atoms with Crippen molar-refractivity contribution in [2.75, 3.05) is 19.7 Å². The summed E-state index contributed by atoms with van der Waals surface area (Å²) in [4.78, 5) is 26.3. The van der Waals surface area contributed by atoms with Crippen LogP contribution in [0.3, 0.4) is 0 Å². The van der Waals surface area contributed by atoms with E-state index in [0.717, 1.165) is 10.9 Å². The largest absolute Gasteiger partial charge is 0.367 e. The Kier molecular flexibility index (Phi) is 4.83. The molecule has 2 amide bonds. The molecule has 0 bridgehead atoms. The lowest BCUT2D eigenvalue weighted by atomic mass is 10.2. The number of halogens is 1. The van der Waals surface area contributed by atoms with Crippen molar-refractivity contribution in [1.29, 1.82) is 0 Å². The van der Waals surface area contributed by atoms with Gasteiger partial charge in [-0.25, -0.2) is 4.39 Å². The van der Waals surface area contributed by atoms with Crippen LogP contribution in [0.15, 0.2) is 54.6 Å². The fraction of sp³-hybridized carbons (Fsp3) is 0.238. The van der Waals surface area contributed by atoms with Gasteiger partial charge in [-0.3, -0.25) is 9.59 Å². The molecule has 1 atom stereocenters. The van der Waals surface area contributed by atoms with Crippen LogP contribution < -0.4 is 5.73 Å². The van der Waals surface area contributed by atoms with E-state index in [-0.39, 0.29) is 31.4 Å². The van der Waals surface area contributed by atoms with Gasteiger partial charge in [-0.05, 0) is 18.2 Å². The van der Waals surface area contributed by atoms with Crippen LogP contribution in [0.4, 0.5) is 4.39 Å². The summed E-state index contributed by atoms with van der Waals surface area (Å²) in [6.07, 6.45) is -0.818. The number of hydrogen-bond donors (Lipinski definition) is 1. The second-order valence-corrected chi connectivity index (χ2v) is 6.78. The smallest absolute Gasteiger partial charge is 0.270 e. The Morgan fingerprint density at radius 1 is 1.14 bits per heavy atom. The molecule has 0 saturated carbocycles. The summed E-state index contributed by atoms with van der Waals surface area (Å²) in [6.45, 7) is 0.941. The number of amides is 2. The Bertz CT molecular complexity index is 1050. The van der Waals surface area contributed by atoms with E-state index in [1.165, 1.54) is 6.07 Å². The molecule has 144 valence electrons. The summed E-state index contributed by atoms with van der Waals surface area (Å²) < 4.78 is 21.4. The van der Waals surface area contributed by atoms with Gasteiger partial charge in [0.2, 0.25) is 5.91 Å². The average molecular weight is 381 g/mol. The number of primary amides is 1. The summed E-state index contributed by atoms with van der Waals surface area (Å²) in [5.41, 5.74) is 7.11. The van der Waals surface area contributed by atoms with Crippen LogP contribution in [-0.2, 0) is 16.1 Å². The highest BCUT2D eigenvalue weighted by Gasteiger charge is 2.30. The van der Waals surface area contributed by atoms with E-state index >= 15 is 0 Å². The Balaban J connectivity index is 1.73. The second kappa shape index (κ2) is 7.44. The van der Waals surface area contributed by atoms with Gasteiger partial charge in [0, 0.05) is 23.0 Å². The lowest BCUT2D eigenvalue weighted by Crippen LogP contribution is -2.50. The van der Waals surface area contributed by atoms with Crippen molar-refractivity contribution in [1.82, 2.24) is 9.47 Å². The Morgan fingerprint density at radius 3 is 2.68 bits per heavy atom. The number of carbonyl (C=O) groups excluding carboxylic acids is 2. The first-order valence-corrected chi connectivity index (χ1v) is 9.06. The van der Waals surface area contributed by atoms with Crippen LogP contribution in [-0.4, -0.2) is 47.1 Å². The SMILES string of the molecule is NC(=O)C1CN(C(=O)c2cc3ccccc3n2Cc2ccccc2F)CCO1. The predicted molar refractivity (Wildman–Crippen MR) is 102 cm³/mol. The van der Waals surface area contributed by atoms with Gasteiger partial charge in [-0.1, -0.05) is 36.4 Å². The molecule has 0 aliphatic carbocycles. The van der Waals surface area contributed by atoms with Gasteiger partial charge in [0.05, 0.1) is 19.7 Å². The topological polar surface area (TPSA) is 77.6 Å². The maximum absolute atomic E-state index is 14.2. The number of rotatable bonds is 4. The maximum atomic E-state index is 14.2. The van der Waals surface area contributed by atoms with E-state index in [4.69, 9.17) is 10.5 Å². The molecule has 1 aromatic heterocycles. The minimum atomic E-state index is -0.818. The zero-order chi connectivity index (χ0) is 19.7. The van der Waals surface area contributed by atoms with Crippen LogP contribution in [0.25, 0.3) is 10.9 Å². The minimum Gasteiger partial charge on any atom is -0.367 e. The number of ether oxygens (including phenoxy) is 1. The molecule has 1 saturated heterocycles. The Hall–Kier alpha value is -3.19. The summed E-state index contributed by atoms with van der Waals surface area (Å²) in [6, 6.07) is 15.9. The van der Waals surface area contributed by atoms with Crippen LogP contribution in [0, 0.1) is 5.82 Å². The first kappa shape index (κ1) is 18.2. The minimum absolute atomic E-state index is 0.107. The van der Waals surface area contributed by atoms with Crippen LogP contribution in [0.1, 0.15) is 16.1 Å². The lowest BCUT2D eigenvalue weighted by molar-refractivity contribution is -0.133. The molecule has 3 aromatic rings. The predicted octanol–water partition coefficient (Wildman–Crippen LogP) is 2.16. The highest BCUT2D eigenvalue weighted by Crippen LogP contribution is 2.24. The van der Waals surface area contributed by atoms with E-state index < -0.39 is 12.0 Å². The number of nitrogens with two attached hydrogens (primary N) is 1. The second-order valence-electron chi connectivity index (χ2n) is 6.78.